The molecule has 2 aliphatic heterocycles. The second kappa shape index (κ2) is 9.38. The molecule has 8 nitrogen and oxygen atoms in total. The molecule has 0 saturated heterocycles. The highest BCUT2D eigenvalue weighted by Crippen LogP contribution is 2.41. The maximum absolute atomic E-state index is 13.6. The summed E-state index contributed by atoms with van der Waals surface area (Å²) in [5.41, 5.74) is 2.88. The molecule has 0 bridgehead atoms. The van der Waals surface area contributed by atoms with E-state index in [1.54, 1.807) is 17.6 Å². The number of aryl methyl sites for hydroxylation is 1. The van der Waals surface area contributed by atoms with Crippen LogP contribution in [0.25, 0.3) is 22.3 Å². The molecule has 0 spiro atoms. The quantitative estimate of drug-likeness (QED) is 0.206. The fraction of sp³-hybridized carbons (Fsp3) is 0.464. The summed E-state index contributed by atoms with van der Waals surface area (Å²) < 4.78 is 12.8. The van der Waals surface area contributed by atoms with E-state index in [1.165, 1.54) is 0 Å². The lowest BCUT2D eigenvalue weighted by atomic mass is 9.86. The first-order chi connectivity index (χ1) is 17.6. The van der Waals surface area contributed by atoms with E-state index >= 15 is 0 Å². The van der Waals surface area contributed by atoms with Crippen molar-refractivity contribution in [1.82, 2.24) is 9.55 Å². The maximum atomic E-state index is 13.6. The molecule has 196 valence electrons. The summed E-state index contributed by atoms with van der Waals surface area (Å²) in [7, 11) is -1.38. The molecule has 0 amide bonds. The van der Waals surface area contributed by atoms with Crippen LogP contribution in [0.15, 0.2) is 29.1 Å². The smallest absolute Gasteiger partial charge is 0.343 e. The van der Waals surface area contributed by atoms with Gasteiger partial charge in [0, 0.05) is 37.6 Å². The van der Waals surface area contributed by atoms with Crippen molar-refractivity contribution in [3.05, 3.63) is 56.9 Å². The van der Waals surface area contributed by atoms with E-state index in [0.29, 0.717) is 36.4 Å². The van der Waals surface area contributed by atoms with Crippen LogP contribution in [0.4, 0.5) is 0 Å². The lowest BCUT2D eigenvalue weighted by Crippen LogP contribution is -2.44. The molecular weight excluding hydrogens is 488 g/mol. The summed E-state index contributed by atoms with van der Waals surface area (Å²) in [4.78, 5) is 31.1. The van der Waals surface area contributed by atoms with Crippen LogP contribution < -0.4 is 10.3 Å². The van der Waals surface area contributed by atoms with Gasteiger partial charge in [0.15, 0.2) is 5.60 Å². The Balaban J connectivity index is 1.70. The molecule has 0 unspecified atom stereocenters. The molecule has 2 N–H and O–H groups in total. The number of aliphatic hydroxyl groups is 2. The summed E-state index contributed by atoms with van der Waals surface area (Å²) >= 11 is 0. The van der Waals surface area contributed by atoms with Crippen LogP contribution in [-0.4, -0.2) is 47.0 Å². The summed E-state index contributed by atoms with van der Waals surface area (Å²) in [5.74, 6) is 0.00450. The zero-order chi connectivity index (χ0) is 26.5. The predicted molar refractivity (Wildman–Crippen MR) is 144 cm³/mol. The zero-order valence-electron chi connectivity index (χ0n) is 21.9. The van der Waals surface area contributed by atoms with E-state index in [0.717, 1.165) is 45.9 Å². The van der Waals surface area contributed by atoms with Crippen LogP contribution in [-0.2, 0) is 34.7 Å². The molecular formula is C28H34N2O6Si. The molecule has 9 heteroatoms. The molecule has 0 fully saturated rings. The Labute approximate surface area is 216 Å². The van der Waals surface area contributed by atoms with Crippen LogP contribution >= 0.6 is 0 Å². The number of rotatable bonds is 8. The topological polar surface area (TPSA) is 111 Å². The van der Waals surface area contributed by atoms with Gasteiger partial charge >= 0.3 is 5.97 Å². The number of esters is 1. The van der Waals surface area contributed by atoms with Crippen LogP contribution in [0.5, 0.6) is 5.75 Å². The fourth-order valence-electron chi connectivity index (χ4n) is 5.27. The average molecular weight is 523 g/mol. The minimum absolute atomic E-state index is 0.0743. The number of benzene rings is 1. The van der Waals surface area contributed by atoms with E-state index in [2.05, 4.69) is 19.6 Å². The van der Waals surface area contributed by atoms with Gasteiger partial charge in [-0.15, -0.1) is 0 Å². The Morgan fingerprint density at radius 3 is 2.68 bits per heavy atom. The highest BCUT2D eigenvalue weighted by molar-refractivity contribution is 6.76. The van der Waals surface area contributed by atoms with Crippen LogP contribution in [0.1, 0.15) is 42.0 Å². The summed E-state index contributed by atoms with van der Waals surface area (Å²) in [6.45, 7) is 9.48. The third-order valence-corrected chi connectivity index (χ3v) is 9.22. The van der Waals surface area contributed by atoms with Gasteiger partial charge < -0.3 is 24.3 Å². The second-order valence-corrected chi connectivity index (χ2v) is 16.8. The van der Waals surface area contributed by atoms with Gasteiger partial charge in [0.2, 0.25) is 0 Å². The number of aromatic nitrogens is 2. The number of carbonyl (C=O) groups is 1. The zero-order valence-corrected chi connectivity index (χ0v) is 22.9. The van der Waals surface area contributed by atoms with Crippen molar-refractivity contribution in [3.63, 3.8) is 0 Å². The molecule has 0 saturated carbocycles. The predicted octanol–water partition coefficient (Wildman–Crippen LogP) is 3.72. The van der Waals surface area contributed by atoms with Crippen LogP contribution in [0, 0.1) is 0 Å². The Morgan fingerprint density at radius 2 is 1.97 bits per heavy atom. The van der Waals surface area contributed by atoms with Gasteiger partial charge in [0.25, 0.3) is 5.56 Å². The lowest BCUT2D eigenvalue weighted by Gasteiger charge is -2.31. The standard InChI is InChI=1S/C28H34N2O6Si/c1-5-28(34)22-14-24-25-20(15-30(24)26(32)21(22)16-36-27(28)33)18(9-12-37(2,3)4)19-13-17(35-11-6-10-31)7-8-23(19)29-25/h7-8,13-14,31,34H,5-6,9-12,15-16H2,1-4H3/t28-/m0/s1. The molecule has 1 aromatic carbocycles. The number of pyridine rings is 2. The van der Waals surface area contributed by atoms with Gasteiger partial charge in [-0.25, -0.2) is 9.78 Å². The molecule has 0 aliphatic carbocycles. The molecule has 37 heavy (non-hydrogen) atoms. The van der Waals surface area contributed by atoms with Gasteiger partial charge in [0.1, 0.15) is 12.4 Å². The Hall–Kier alpha value is -3.01. The van der Waals surface area contributed by atoms with Gasteiger partial charge in [0.05, 0.1) is 35.6 Å². The Kier molecular flexibility index (Phi) is 6.50. The minimum atomic E-state index is -1.84. The van der Waals surface area contributed by atoms with E-state index in [-0.39, 0.29) is 25.2 Å². The van der Waals surface area contributed by atoms with E-state index in [9.17, 15) is 14.7 Å². The Morgan fingerprint density at radius 1 is 1.19 bits per heavy atom. The van der Waals surface area contributed by atoms with Gasteiger partial charge in [-0.2, -0.15) is 0 Å². The van der Waals surface area contributed by atoms with Crippen molar-refractivity contribution >= 4 is 24.9 Å². The first-order valence-electron chi connectivity index (χ1n) is 12.9. The van der Waals surface area contributed by atoms with E-state index in [4.69, 9.17) is 19.6 Å². The van der Waals surface area contributed by atoms with Gasteiger partial charge in [-0.05, 0) is 42.7 Å². The highest BCUT2D eigenvalue weighted by Gasteiger charge is 2.45. The first-order valence-corrected chi connectivity index (χ1v) is 16.6. The number of nitrogens with zero attached hydrogens (tertiary/aromatic N) is 2. The number of hydrogen-bond donors (Lipinski definition) is 2. The first kappa shape index (κ1) is 25.6. The summed E-state index contributed by atoms with van der Waals surface area (Å²) in [6.07, 6.45) is 1.53. The van der Waals surface area contributed by atoms with Crippen molar-refractivity contribution < 1.29 is 24.5 Å². The second-order valence-electron chi connectivity index (χ2n) is 11.2. The largest absolute Gasteiger partial charge is 0.493 e. The third kappa shape index (κ3) is 4.39. The van der Waals surface area contributed by atoms with Crippen molar-refractivity contribution in [3.8, 4) is 17.1 Å². The van der Waals surface area contributed by atoms with Gasteiger partial charge in [-0.3, -0.25) is 4.79 Å². The van der Waals surface area contributed by atoms with E-state index < -0.39 is 19.6 Å². The van der Waals surface area contributed by atoms with Crippen molar-refractivity contribution in [2.24, 2.45) is 0 Å². The number of aliphatic hydroxyl groups excluding tert-OH is 1. The number of ether oxygens (including phenoxy) is 2. The number of hydrogen-bond acceptors (Lipinski definition) is 7. The summed E-state index contributed by atoms with van der Waals surface area (Å²) in [6, 6.07) is 8.66. The number of carbonyl (C=O) groups excluding carboxylic acids is 1. The van der Waals surface area contributed by atoms with Crippen molar-refractivity contribution in [2.75, 3.05) is 13.2 Å². The molecule has 2 aliphatic rings. The van der Waals surface area contributed by atoms with Crippen molar-refractivity contribution in [2.45, 2.75) is 70.6 Å². The maximum Gasteiger partial charge on any atom is 0.343 e. The lowest BCUT2D eigenvalue weighted by molar-refractivity contribution is -0.172. The van der Waals surface area contributed by atoms with Crippen molar-refractivity contribution in [1.29, 1.82) is 0 Å². The molecule has 5 rings (SSSR count). The summed E-state index contributed by atoms with van der Waals surface area (Å²) in [5, 5.41) is 21.3. The molecule has 1 atom stereocenters. The SMILES string of the molecule is CC[C@@]1(O)C(=O)OCc2c1cc1n(c2=O)Cc2c-1nc1ccc(OCCCO)cc1c2CC[Si](C)(C)C. The third-order valence-electron chi connectivity index (χ3n) is 7.47. The minimum Gasteiger partial charge on any atom is -0.493 e. The number of fused-ring (bicyclic) bond motifs is 5. The fourth-order valence-corrected chi connectivity index (χ4v) is 6.27. The molecule has 4 heterocycles. The highest BCUT2D eigenvalue weighted by atomic mass is 28.3. The Bertz CT molecular complexity index is 1460. The molecule has 0 radical (unpaired) electrons. The van der Waals surface area contributed by atoms with Gasteiger partial charge in [-0.1, -0.05) is 32.6 Å². The number of cyclic esters (lactones) is 1. The average Bonchev–Trinajstić information content (AvgIpc) is 3.22. The molecule has 3 aromatic rings. The monoisotopic (exact) mass is 522 g/mol. The van der Waals surface area contributed by atoms with Crippen LogP contribution in [0.2, 0.25) is 25.7 Å². The van der Waals surface area contributed by atoms with Crippen LogP contribution in [0.3, 0.4) is 0 Å². The van der Waals surface area contributed by atoms with E-state index in [1.807, 2.05) is 18.2 Å². The molecule has 2 aromatic heterocycles. The normalized spacial score (nSPS) is 18.4.